The third-order valence-corrected chi connectivity index (χ3v) is 3.99. The monoisotopic (exact) mass is 314 g/mol. The molecule has 1 fully saturated rings. The maximum absolute atomic E-state index is 13.1. The van der Waals surface area contributed by atoms with Crippen molar-refractivity contribution in [2.24, 2.45) is 0 Å². The highest BCUT2D eigenvalue weighted by atomic mass is 79.9. The average Bonchev–Trinajstić information content (AvgIpc) is 2.35. The van der Waals surface area contributed by atoms with Crippen molar-refractivity contribution in [1.82, 2.24) is 5.32 Å². The highest BCUT2D eigenvalue weighted by molar-refractivity contribution is 9.10. The number of piperidine rings is 1. The Kier molecular flexibility index (Phi) is 4.02. The first-order chi connectivity index (χ1) is 8.51. The molecular weight excluding hydrogens is 299 g/mol. The largest absolute Gasteiger partial charge is 0.323 e. The standard InChI is InChI=1S/C13H16BrFN2O/c1-13(6-2-3-7-16-13)12(18)17-11-8-9(15)4-5-10(11)14/h4-5,8,16H,2-3,6-7H2,1H3,(H,17,18). The van der Waals surface area contributed by atoms with E-state index >= 15 is 0 Å². The van der Waals surface area contributed by atoms with Gasteiger partial charge < -0.3 is 10.6 Å². The van der Waals surface area contributed by atoms with Crippen LogP contribution in [0.1, 0.15) is 26.2 Å². The van der Waals surface area contributed by atoms with E-state index in [2.05, 4.69) is 26.6 Å². The number of carbonyl (C=O) groups excluding carboxylic acids is 1. The number of rotatable bonds is 2. The van der Waals surface area contributed by atoms with Gasteiger partial charge in [0, 0.05) is 4.47 Å². The molecule has 0 spiro atoms. The van der Waals surface area contributed by atoms with Gasteiger partial charge in [0.05, 0.1) is 11.2 Å². The van der Waals surface area contributed by atoms with Crippen LogP contribution >= 0.6 is 15.9 Å². The van der Waals surface area contributed by atoms with E-state index in [1.54, 1.807) is 6.07 Å². The van der Waals surface area contributed by atoms with Crippen molar-refractivity contribution in [1.29, 1.82) is 0 Å². The number of halogens is 2. The number of hydrogen-bond acceptors (Lipinski definition) is 2. The zero-order chi connectivity index (χ0) is 13.2. The summed E-state index contributed by atoms with van der Waals surface area (Å²) in [6.45, 7) is 2.73. The molecule has 1 aromatic rings. The van der Waals surface area contributed by atoms with Crippen molar-refractivity contribution in [3.8, 4) is 0 Å². The van der Waals surface area contributed by atoms with Gasteiger partial charge in [-0.2, -0.15) is 0 Å². The molecule has 0 aliphatic carbocycles. The van der Waals surface area contributed by atoms with E-state index in [-0.39, 0.29) is 11.7 Å². The van der Waals surface area contributed by atoms with Gasteiger partial charge in [0.25, 0.3) is 0 Å². The molecule has 1 amide bonds. The van der Waals surface area contributed by atoms with E-state index in [1.807, 2.05) is 6.92 Å². The lowest BCUT2D eigenvalue weighted by atomic mass is 9.90. The van der Waals surface area contributed by atoms with Gasteiger partial charge in [-0.05, 0) is 66.9 Å². The van der Waals surface area contributed by atoms with Crippen LogP contribution in [0.5, 0.6) is 0 Å². The minimum Gasteiger partial charge on any atom is -0.323 e. The number of nitrogens with one attached hydrogen (secondary N) is 2. The molecule has 0 aromatic heterocycles. The van der Waals surface area contributed by atoms with Gasteiger partial charge in [-0.1, -0.05) is 0 Å². The summed E-state index contributed by atoms with van der Waals surface area (Å²) in [6.07, 6.45) is 2.92. The highest BCUT2D eigenvalue weighted by Crippen LogP contribution is 2.26. The molecule has 5 heteroatoms. The fraction of sp³-hybridized carbons (Fsp3) is 0.462. The summed E-state index contributed by atoms with van der Waals surface area (Å²) in [5, 5.41) is 6.00. The van der Waals surface area contributed by atoms with E-state index < -0.39 is 5.54 Å². The first-order valence-corrected chi connectivity index (χ1v) is 6.82. The van der Waals surface area contributed by atoms with Gasteiger partial charge in [-0.15, -0.1) is 0 Å². The molecule has 1 aliphatic rings. The summed E-state index contributed by atoms with van der Waals surface area (Å²) in [5.41, 5.74) is -0.0992. The normalized spacial score (nSPS) is 23.7. The van der Waals surface area contributed by atoms with Crippen LogP contribution in [0.3, 0.4) is 0 Å². The molecule has 18 heavy (non-hydrogen) atoms. The van der Waals surface area contributed by atoms with E-state index in [0.717, 1.165) is 25.8 Å². The molecule has 1 aliphatic heterocycles. The van der Waals surface area contributed by atoms with Crippen molar-refractivity contribution >= 4 is 27.5 Å². The summed E-state index contributed by atoms with van der Waals surface area (Å²) in [5.74, 6) is -0.483. The lowest BCUT2D eigenvalue weighted by molar-refractivity contribution is -0.122. The lowest BCUT2D eigenvalue weighted by Crippen LogP contribution is -2.54. The summed E-state index contributed by atoms with van der Waals surface area (Å²) in [7, 11) is 0. The Labute approximate surface area is 114 Å². The summed E-state index contributed by atoms with van der Waals surface area (Å²) in [6, 6.07) is 4.25. The number of carbonyl (C=O) groups is 1. The van der Waals surface area contributed by atoms with E-state index in [1.165, 1.54) is 12.1 Å². The van der Waals surface area contributed by atoms with Gasteiger partial charge in [0.2, 0.25) is 5.91 Å². The molecule has 0 bridgehead atoms. The van der Waals surface area contributed by atoms with Gasteiger partial charge in [-0.25, -0.2) is 4.39 Å². The molecule has 1 aromatic carbocycles. The Bertz CT molecular complexity index is 458. The predicted molar refractivity (Wildman–Crippen MR) is 73.0 cm³/mol. The molecule has 1 saturated heterocycles. The van der Waals surface area contributed by atoms with Crippen LogP contribution in [0.15, 0.2) is 22.7 Å². The van der Waals surface area contributed by atoms with Crippen molar-refractivity contribution in [3.05, 3.63) is 28.5 Å². The van der Waals surface area contributed by atoms with E-state index in [4.69, 9.17) is 0 Å². The maximum atomic E-state index is 13.1. The van der Waals surface area contributed by atoms with E-state index in [9.17, 15) is 9.18 Å². The number of anilines is 1. The summed E-state index contributed by atoms with van der Waals surface area (Å²) in [4.78, 5) is 12.2. The summed E-state index contributed by atoms with van der Waals surface area (Å²) < 4.78 is 13.8. The summed E-state index contributed by atoms with van der Waals surface area (Å²) >= 11 is 3.30. The van der Waals surface area contributed by atoms with Gasteiger partial charge in [-0.3, -0.25) is 4.79 Å². The Balaban J connectivity index is 2.13. The van der Waals surface area contributed by atoms with E-state index in [0.29, 0.717) is 10.2 Å². The smallest absolute Gasteiger partial charge is 0.244 e. The van der Waals surface area contributed by atoms with Crippen molar-refractivity contribution < 1.29 is 9.18 Å². The molecule has 0 radical (unpaired) electrons. The molecule has 1 atom stereocenters. The topological polar surface area (TPSA) is 41.1 Å². The maximum Gasteiger partial charge on any atom is 0.244 e. The predicted octanol–water partition coefficient (Wildman–Crippen LogP) is 3.06. The fourth-order valence-electron chi connectivity index (χ4n) is 2.10. The van der Waals surface area contributed by atoms with Crippen LogP contribution in [0.4, 0.5) is 10.1 Å². The highest BCUT2D eigenvalue weighted by Gasteiger charge is 2.34. The van der Waals surface area contributed by atoms with Crippen molar-refractivity contribution in [2.45, 2.75) is 31.7 Å². The molecule has 2 N–H and O–H groups in total. The minimum atomic E-state index is -0.565. The molecule has 0 saturated carbocycles. The Morgan fingerprint density at radius 2 is 2.28 bits per heavy atom. The Hall–Kier alpha value is -0.940. The number of amides is 1. The minimum absolute atomic E-state index is 0.117. The van der Waals surface area contributed by atoms with Crippen LogP contribution in [-0.4, -0.2) is 18.0 Å². The third kappa shape index (κ3) is 2.90. The van der Waals surface area contributed by atoms with Gasteiger partial charge in [0.15, 0.2) is 0 Å². The Morgan fingerprint density at radius 3 is 2.94 bits per heavy atom. The second-order valence-electron chi connectivity index (χ2n) is 4.79. The Morgan fingerprint density at radius 1 is 1.50 bits per heavy atom. The third-order valence-electron chi connectivity index (χ3n) is 3.30. The SMILES string of the molecule is CC1(C(=O)Nc2cc(F)ccc2Br)CCCCN1. The molecule has 3 nitrogen and oxygen atoms in total. The van der Waals surface area contributed by atoms with Crippen LogP contribution in [0.2, 0.25) is 0 Å². The molecule has 2 rings (SSSR count). The molecular formula is C13H16BrFN2O. The first kappa shape index (κ1) is 13.5. The van der Waals surface area contributed by atoms with Crippen LogP contribution in [-0.2, 0) is 4.79 Å². The van der Waals surface area contributed by atoms with Crippen LogP contribution < -0.4 is 10.6 Å². The first-order valence-electron chi connectivity index (χ1n) is 6.03. The second kappa shape index (κ2) is 5.36. The van der Waals surface area contributed by atoms with Crippen molar-refractivity contribution in [3.63, 3.8) is 0 Å². The van der Waals surface area contributed by atoms with Gasteiger partial charge >= 0.3 is 0 Å². The quantitative estimate of drug-likeness (QED) is 0.881. The zero-order valence-corrected chi connectivity index (χ0v) is 11.8. The molecule has 98 valence electrons. The lowest BCUT2D eigenvalue weighted by Gasteiger charge is -2.33. The number of benzene rings is 1. The van der Waals surface area contributed by atoms with Crippen LogP contribution in [0.25, 0.3) is 0 Å². The number of hydrogen-bond donors (Lipinski definition) is 2. The molecule has 1 heterocycles. The van der Waals surface area contributed by atoms with Crippen LogP contribution in [0, 0.1) is 5.82 Å². The average molecular weight is 315 g/mol. The van der Waals surface area contributed by atoms with Crippen molar-refractivity contribution in [2.75, 3.05) is 11.9 Å². The fourth-order valence-corrected chi connectivity index (χ4v) is 2.45. The molecule has 1 unspecified atom stereocenters. The zero-order valence-electron chi connectivity index (χ0n) is 10.2. The van der Waals surface area contributed by atoms with Gasteiger partial charge in [0.1, 0.15) is 5.82 Å². The second-order valence-corrected chi connectivity index (χ2v) is 5.65.